The Hall–Kier alpha value is -4.60. The lowest BCUT2D eigenvalue weighted by Crippen LogP contribution is -2.10. The Kier molecular flexibility index (Phi) is 4.90. The second-order valence-electron chi connectivity index (χ2n) is 6.62. The van der Waals surface area contributed by atoms with Crippen molar-refractivity contribution in [2.45, 2.75) is 12.7 Å². The van der Waals surface area contributed by atoms with Crippen molar-refractivity contribution in [1.82, 2.24) is 24.5 Å². The summed E-state index contributed by atoms with van der Waals surface area (Å²) in [5.74, 6) is -0.107. The highest BCUT2D eigenvalue weighted by Gasteiger charge is 2.38. The Morgan fingerprint density at radius 1 is 1.19 bits per heavy atom. The van der Waals surface area contributed by atoms with Crippen molar-refractivity contribution >= 4 is 22.8 Å². The maximum absolute atomic E-state index is 13.3. The number of fused-ring (bicyclic) bond motifs is 1. The summed E-state index contributed by atoms with van der Waals surface area (Å²) in [6, 6.07) is 7.77. The van der Waals surface area contributed by atoms with Gasteiger partial charge in [0.25, 0.3) is 5.69 Å². The topological polar surface area (TPSA) is 149 Å². The zero-order chi connectivity index (χ0) is 23.0. The molecule has 0 amide bonds. The van der Waals surface area contributed by atoms with E-state index >= 15 is 0 Å². The van der Waals surface area contributed by atoms with Gasteiger partial charge in [0.15, 0.2) is 5.65 Å². The van der Waals surface area contributed by atoms with Gasteiger partial charge >= 0.3 is 6.18 Å². The lowest BCUT2D eigenvalue weighted by atomic mass is 10.1. The first-order valence-electron chi connectivity index (χ1n) is 8.87. The number of nitro groups is 1. The Labute approximate surface area is 177 Å². The molecule has 160 valence electrons. The first-order valence-corrected chi connectivity index (χ1v) is 8.87. The van der Waals surface area contributed by atoms with Crippen molar-refractivity contribution < 1.29 is 18.1 Å². The lowest BCUT2D eigenvalue weighted by Gasteiger charge is -2.10. The number of pyridine rings is 1. The van der Waals surface area contributed by atoms with Gasteiger partial charge in [-0.05, 0) is 23.8 Å². The van der Waals surface area contributed by atoms with Crippen molar-refractivity contribution in [3.05, 3.63) is 69.8 Å². The maximum atomic E-state index is 13.3. The number of nitrogens with zero attached hydrogens (tertiary/aromatic N) is 7. The number of nitriles is 1. The SMILES string of the molecule is N#Cc1cc(-c2nc(N)nc3c2ncn3Cc2ccc([N+](=O)[O-])c(C(F)(F)F)c2)ccn1. The van der Waals surface area contributed by atoms with Gasteiger partial charge in [0.2, 0.25) is 5.95 Å². The van der Waals surface area contributed by atoms with Gasteiger partial charge in [0.05, 0.1) is 17.8 Å². The van der Waals surface area contributed by atoms with Crippen LogP contribution in [0.1, 0.15) is 16.8 Å². The zero-order valence-corrected chi connectivity index (χ0v) is 15.9. The highest BCUT2D eigenvalue weighted by Crippen LogP contribution is 2.37. The van der Waals surface area contributed by atoms with Gasteiger partial charge in [0, 0.05) is 17.8 Å². The maximum Gasteiger partial charge on any atom is 0.423 e. The number of nitrogen functional groups attached to an aromatic ring is 1. The van der Waals surface area contributed by atoms with Crippen LogP contribution in [0.25, 0.3) is 22.4 Å². The third kappa shape index (κ3) is 3.76. The van der Waals surface area contributed by atoms with E-state index in [0.717, 1.165) is 12.1 Å². The molecule has 0 saturated heterocycles. The fraction of sp³-hybridized carbons (Fsp3) is 0.105. The number of imidazole rings is 1. The van der Waals surface area contributed by atoms with E-state index < -0.39 is 22.4 Å². The number of alkyl halides is 3. The van der Waals surface area contributed by atoms with Gasteiger partial charge in [-0.15, -0.1) is 0 Å². The molecule has 13 heteroatoms. The molecule has 0 aliphatic carbocycles. The molecule has 3 aromatic heterocycles. The first kappa shape index (κ1) is 20.7. The van der Waals surface area contributed by atoms with Crippen LogP contribution in [-0.2, 0) is 12.7 Å². The monoisotopic (exact) mass is 440 g/mol. The van der Waals surface area contributed by atoms with Crippen LogP contribution in [0, 0.1) is 21.4 Å². The molecule has 0 bridgehead atoms. The number of hydrogen-bond donors (Lipinski definition) is 1. The fourth-order valence-corrected chi connectivity index (χ4v) is 3.18. The van der Waals surface area contributed by atoms with Gasteiger partial charge in [-0.25, -0.2) is 15.0 Å². The largest absolute Gasteiger partial charge is 0.423 e. The molecule has 32 heavy (non-hydrogen) atoms. The molecule has 0 atom stereocenters. The number of nitro benzene ring substituents is 1. The summed E-state index contributed by atoms with van der Waals surface area (Å²) in [7, 11) is 0. The Bertz CT molecular complexity index is 1410. The predicted octanol–water partition coefficient (Wildman–Crippen LogP) is 3.32. The number of aromatic nitrogens is 5. The summed E-state index contributed by atoms with van der Waals surface area (Å²) >= 11 is 0. The molecule has 4 rings (SSSR count). The Morgan fingerprint density at radius 2 is 1.97 bits per heavy atom. The minimum absolute atomic E-state index is 0.104. The van der Waals surface area contributed by atoms with E-state index in [0.29, 0.717) is 16.8 Å². The standard InChI is InChI=1S/C19H11F3N8O2/c20-19(21,22)13-5-10(1-2-14(13)30(31)32)8-29-9-26-16-15(27-18(24)28-17(16)29)11-3-4-25-12(6-11)7-23/h1-6,9H,8H2,(H2,24,27,28). The highest BCUT2D eigenvalue weighted by molar-refractivity contribution is 5.88. The minimum Gasteiger partial charge on any atom is -0.368 e. The molecule has 0 fully saturated rings. The molecule has 0 unspecified atom stereocenters. The van der Waals surface area contributed by atoms with E-state index in [2.05, 4.69) is 19.9 Å². The van der Waals surface area contributed by atoms with Crippen LogP contribution in [-0.4, -0.2) is 29.4 Å². The summed E-state index contributed by atoms with van der Waals surface area (Å²) < 4.78 is 41.3. The molecule has 0 radical (unpaired) electrons. The van der Waals surface area contributed by atoms with E-state index in [1.54, 1.807) is 6.07 Å². The summed E-state index contributed by atoms with van der Waals surface area (Å²) in [5.41, 5.74) is 5.13. The van der Waals surface area contributed by atoms with E-state index in [-0.39, 0.29) is 29.4 Å². The quantitative estimate of drug-likeness (QED) is 0.375. The molecule has 10 nitrogen and oxygen atoms in total. The summed E-state index contributed by atoms with van der Waals surface area (Å²) in [4.78, 5) is 26.3. The first-order chi connectivity index (χ1) is 15.2. The van der Waals surface area contributed by atoms with Crippen molar-refractivity contribution in [2.24, 2.45) is 0 Å². The summed E-state index contributed by atoms with van der Waals surface area (Å²) in [6.07, 6.45) is -2.12. The van der Waals surface area contributed by atoms with Crippen LogP contribution in [0.3, 0.4) is 0 Å². The third-order valence-corrected chi connectivity index (χ3v) is 4.55. The van der Waals surface area contributed by atoms with Crippen LogP contribution < -0.4 is 5.73 Å². The molecule has 4 aromatic rings. The average Bonchev–Trinajstić information content (AvgIpc) is 3.14. The smallest absolute Gasteiger partial charge is 0.368 e. The second-order valence-corrected chi connectivity index (χ2v) is 6.62. The number of nitrogens with two attached hydrogens (primary N) is 1. The average molecular weight is 440 g/mol. The van der Waals surface area contributed by atoms with E-state index in [1.807, 2.05) is 6.07 Å². The van der Waals surface area contributed by atoms with Crippen molar-refractivity contribution in [3.63, 3.8) is 0 Å². The van der Waals surface area contributed by atoms with E-state index in [1.165, 1.54) is 29.2 Å². The number of anilines is 1. The number of benzene rings is 1. The molecule has 0 aliphatic heterocycles. The molecule has 1 aromatic carbocycles. The van der Waals surface area contributed by atoms with Gasteiger partial charge in [-0.2, -0.15) is 23.4 Å². The molecule has 0 saturated carbocycles. The summed E-state index contributed by atoms with van der Waals surface area (Å²) in [5, 5.41) is 20.0. The molecule has 0 spiro atoms. The number of rotatable bonds is 4. The van der Waals surface area contributed by atoms with Crippen molar-refractivity contribution in [1.29, 1.82) is 5.26 Å². The van der Waals surface area contributed by atoms with Gasteiger partial charge in [-0.3, -0.25) is 10.1 Å². The fourth-order valence-electron chi connectivity index (χ4n) is 3.18. The lowest BCUT2D eigenvalue weighted by molar-refractivity contribution is -0.388. The highest BCUT2D eigenvalue weighted by atomic mass is 19.4. The molecule has 2 N–H and O–H groups in total. The second kappa shape index (κ2) is 7.58. The van der Waals surface area contributed by atoms with E-state index in [4.69, 9.17) is 11.0 Å². The van der Waals surface area contributed by atoms with Crippen LogP contribution in [0.4, 0.5) is 24.8 Å². The Morgan fingerprint density at radius 3 is 2.66 bits per heavy atom. The summed E-state index contributed by atoms with van der Waals surface area (Å²) in [6.45, 7) is -0.104. The van der Waals surface area contributed by atoms with Crippen LogP contribution in [0.2, 0.25) is 0 Å². The normalized spacial score (nSPS) is 11.4. The molecule has 3 heterocycles. The van der Waals surface area contributed by atoms with Gasteiger partial charge in [0.1, 0.15) is 28.5 Å². The van der Waals surface area contributed by atoms with Crippen LogP contribution >= 0.6 is 0 Å². The van der Waals surface area contributed by atoms with Crippen molar-refractivity contribution in [3.8, 4) is 17.3 Å². The number of hydrogen-bond acceptors (Lipinski definition) is 8. The third-order valence-electron chi connectivity index (χ3n) is 4.55. The zero-order valence-electron chi connectivity index (χ0n) is 15.9. The Balaban J connectivity index is 1.80. The van der Waals surface area contributed by atoms with Crippen LogP contribution in [0.5, 0.6) is 0 Å². The minimum atomic E-state index is -4.89. The van der Waals surface area contributed by atoms with E-state index in [9.17, 15) is 23.3 Å². The van der Waals surface area contributed by atoms with Crippen LogP contribution in [0.15, 0.2) is 42.9 Å². The predicted molar refractivity (Wildman–Crippen MR) is 105 cm³/mol. The molecular weight excluding hydrogens is 429 g/mol. The molecule has 0 aliphatic rings. The number of halogens is 3. The van der Waals surface area contributed by atoms with Crippen molar-refractivity contribution in [2.75, 3.05) is 5.73 Å². The molecular formula is C19H11F3N8O2. The van der Waals surface area contributed by atoms with Gasteiger partial charge < -0.3 is 10.3 Å². The van der Waals surface area contributed by atoms with Gasteiger partial charge in [-0.1, -0.05) is 6.07 Å².